The van der Waals surface area contributed by atoms with Gasteiger partial charge in [-0.1, -0.05) is 6.92 Å². The zero-order valence-corrected chi connectivity index (χ0v) is 14.5. The molecule has 0 saturated carbocycles. The lowest BCUT2D eigenvalue weighted by molar-refractivity contribution is 0.0276. The first kappa shape index (κ1) is 17.6. The third kappa shape index (κ3) is 4.85. The molecule has 0 aliphatic heterocycles. The number of sulfonamides is 1. The summed E-state index contributed by atoms with van der Waals surface area (Å²) < 4.78 is 37.7. The molecule has 2 N–H and O–H groups in total. The summed E-state index contributed by atoms with van der Waals surface area (Å²) in [7, 11) is -2.10. The van der Waals surface area contributed by atoms with Crippen LogP contribution in [0, 0.1) is 0 Å². The van der Waals surface area contributed by atoms with Crippen molar-refractivity contribution in [2.24, 2.45) is 0 Å². The van der Waals surface area contributed by atoms with Crippen LogP contribution in [-0.2, 0) is 21.3 Å². The van der Waals surface area contributed by atoms with Gasteiger partial charge in [0.1, 0.15) is 10.7 Å². The number of hydrogen-bond acceptors (Lipinski definition) is 5. The predicted molar refractivity (Wildman–Crippen MR) is 80.1 cm³/mol. The topological polar surface area (TPSA) is 80.6 Å². The van der Waals surface area contributed by atoms with Crippen LogP contribution in [0.1, 0.15) is 26.5 Å². The van der Waals surface area contributed by atoms with E-state index in [2.05, 4.69) is 26.0 Å². The molecule has 0 aromatic carbocycles. The van der Waals surface area contributed by atoms with E-state index >= 15 is 0 Å². The van der Waals surface area contributed by atoms with Gasteiger partial charge < -0.3 is 14.5 Å². The molecule has 20 heavy (non-hydrogen) atoms. The van der Waals surface area contributed by atoms with Crippen LogP contribution in [-0.4, -0.2) is 34.2 Å². The number of rotatable bonds is 8. The smallest absolute Gasteiger partial charge is 0.245 e. The van der Waals surface area contributed by atoms with Gasteiger partial charge in [-0.2, -0.15) is 0 Å². The molecule has 0 bridgehead atoms. The summed E-state index contributed by atoms with van der Waals surface area (Å²) >= 11 is 3.14. The molecule has 0 radical (unpaired) electrons. The maximum Gasteiger partial charge on any atom is 0.245 e. The van der Waals surface area contributed by atoms with Crippen molar-refractivity contribution in [1.82, 2.24) is 10.0 Å². The van der Waals surface area contributed by atoms with Crippen molar-refractivity contribution >= 4 is 26.0 Å². The van der Waals surface area contributed by atoms with Crippen molar-refractivity contribution in [1.29, 1.82) is 0 Å². The highest BCUT2D eigenvalue weighted by Gasteiger charge is 2.25. The van der Waals surface area contributed by atoms with Crippen LogP contribution in [0.25, 0.3) is 0 Å². The lowest BCUT2D eigenvalue weighted by atomic mass is 10.1. The minimum atomic E-state index is -3.64. The third-order valence-electron chi connectivity index (χ3n) is 2.79. The van der Waals surface area contributed by atoms with E-state index in [1.165, 1.54) is 13.2 Å². The molecule has 1 aromatic heterocycles. The van der Waals surface area contributed by atoms with Crippen molar-refractivity contribution < 1.29 is 17.6 Å². The summed E-state index contributed by atoms with van der Waals surface area (Å²) in [5.41, 5.74) is -0.574. The molecule has 0 amide bonds. The largest absolute Gasteiger partial charge is 0.452 e. The maximum atomic E-state index is 12.2. The van der Waals surface area contributed by atoms with E-state index in [0.29, 0.717) is 12.3 Å². The van der Waals surface area contributed by atoms with Gasteiger partial charge in [0.15, 0.2) is 4.67 Å². The van der Waals surface area contributed by atoms with Crippen LogP contribution < -0.4 is 10.0 Å². The first-order valence-corrected chi connectivity index (χ1v) is 8.53. The molecule has 0 spiro atoms. The molecular formula is C12H21BrN2O4S. The Kier molecular flexibility index (Phi) is 6.21. The van der Waals surface area contributed by atoms with E-state index in [-0.39, 0.29) is 16.1 Å². The number of nitrogens with one attached hydrogen (secondary N) is 2. The van der Waals surface area contributed by atoms with Crippen LogP contribution in [0.3, 0.4) is 0 Å². The van der Waals surface area contributed by atoms with Crippen molar-refractivity contribution in [3.63, 3.8) is 0 Å². The molecule has 1 aromatic rings. The van der Waals surface area contributed by atoms with Crippen LogP contribution in [0.5, 0.6) is 0 Å². The average Bonchev–Trinajstić information content (AvgIpc) is 2.76. The van der Waals surface area contributed by atoms with E-state index in [4.69, 9.17) is 9.15 Å². The van der Waals surface area contributed by atoms with E-state index < -0.39 is 15.6 Å². The molecule has 0 saturated heterocycles. The van der Waals surface area contributed by atoms with Crippen LogP contribution in [0.15, 0.2) is 20.0 Å². The van der Waals surface area contributed by atoms with Crippen LogP contribution in [0.4, 0.5) is 0 Å². The molecule has 1 rings (SSSR count). The Labute approximate surface area is 128 Å². The standard InChI is InChI=1S/C12H21BrN2O4S/c1-5-14-7-9-6-10(11(13)19-9)20(16,17)15-8-12(2,3)18-4/h6,14-15H,5,7-8H2,1-4H3. The van der Waals surface area contributed by atoms with Crippen molar-refractivity contribution in [2.75, 3.05) is 20.2 Å². The second kappa shape index (κ2) is 7.04. The molecule has 6 nitrogen and oxygen atoms in total. The van der Waals surface area contributed by atoms with Gasteiger partial charge in [-0.25, -0.2) is 13.1 Å². The van der Waals surface area contributed by atoms with Gasteiger partial charge in [-0.15, -0.1) is 0 Å². The Morgan fingerprint density at radius 2 is 2.10 bits per heavy atom. The summed E-state index contributed by atoms with van der Waals surface area (Å²) in [4.78, 5) is 0.0947. The Bertz CT molecular complexity index is 540. The van der Waals surface area contributed by atoms with Gasteiger partial charge in [0.05, 0.1) is 12.1 Å². The highest BCUT2D eigenvalue weighted by Crippen LogP contribution is 2.26. The molecule has 8 heteroatoms. The number of ether oxygens (including phenoxy) is 1. The van der Waals surface area contributed by atoms with E-state index in [0.717, 1.165) is 6.54 Å². The second-order valence-electron chi connectivity index (χ2n) is 4.92. The zero-order chi connectivity index (χ0) is 15.4. The molecule has 0 aliphatic carbocycles. The fourth-order valence-corrected chi connectivity index (χ4v) is 3.53. The normalized spacial score (nSPS) is 12.8. The van der Waals surface area contributed by atoms with E-state index in [1.807, 2.05) is 6.92 Å². The molecule has 1 heterocycles. The quantitative estimate of drug-likeness (QED) is 0.731. The molecule has 0 atom stereocenters. The van der Waals surface area contributed by atoms with Gasteiger partial charge in [-0.3, -0.25) is 0 Å². The molecule has 0 aliphatic rings. The fraction of sp³-hybridized carbons (Fsp3) is 0.667. The second-order valence-corrected chi connectivity index (χ2v) is 7.37. The minimum absolute atomic E-state index is 0.0947. The number of halogens is 1. The summed E-state index contributed by atoms with van der Waals surface area (Å²) in [6, 6.07) is 1.51. The first-order valence-electron chi connectivity index (χ1n) is 6.25. The van der Waals surface area contributed by atoms with Gasteiger partial charge >= 0.3 is 0 Å². The summed E-state index contributed by atoms with van der Waals surface area (Å²) in [6.45, 7) is 7.00. The summed E-state index contributed by atoms with van der Waals surface area (Å²) in [5.74, 6) is 0.560. The Balaban J connectivity index is 2.84. The van der Waals surface area contributed by atoms with Crippen LogP contribution >= 0.6 is 15.9 Å². The zero-order valence-electron chi connectivity index (χ0n) is 12.1. The molecular weight excluding hydrogens is 348 g/mol. The van der Waals surface area contributed by atoms with Crippen molar-refractivity contribution in [2.45, 2.75) is 37.8 Å². The number of methoxy groups -OCH3 is 1. The minimum Gasteiger partial charge on any atom is -0.452 e. The average molecular weight is 369 g/mol. The highest BCUT2D eigenvalue weighted by atomic mass is 79.9. The van der Waals surface area contributed by atoms with E-state index in [9.17, 15) is 8.42 Å². The Morgan fingerprint density at radius 3 is 2.65 bits per heavy atom. The van der Waals surface area contributed by atoms with E-state index in [1.54, 1.807) is 13.8 Å². The lowest BCUT2D eigenvalue weighted by Crippen LogP contribution is -2.39. The third-order valence-corrected chi connectivity index (χ3v) is 5.04. The van der Waals surface area contributed by atoms with Gasteiger partial charge in [0.25, 0.3) is 0 Å². The Hall–Kier alpha value is -0.410. The number of furan rings is 1. The fourth-order valence-electron chi connectivity index (χ4n) is 1.34. The summed E-state index contributed by atoms with van der Waals surface area (Å²) in [6.07, 6.45) is 0. The number of hydrogen-bond donors (Lipinski definition) is 2. The van der Waals surface area contributed by atoms with Crippen molar-refractivity contribution in [3.05, 3.63) is 16.5 Å². The van der Waals surface area contributed by atoms with Gasteiger partial charge in [0.2, 0.25) is 10.0 Å². The molecule has 116 valence electrons. The molecule has 0 unspecified atom stereocenters. The Morgan fingerprint density at radius 1 is 1.45 bits per heavy atom. The van der Waals surface area contributed by atoms with Crippen LogP contribution in [0.2, 0.25) is 0 Å². The predicted octanol–water partition coefficient (Wildman–Crippen LogP) is 1.85. The lowest BCUT2D eigenvalue weighted by Gasteiger charge is -2.22. The maximum absolute atomic E-state index is 12.2. The van der Waals surface area contributed by atoms with Crippen molar-refractivity contribution in [3.8, 4) is 0 Å². The monoisotopic (exact) mass is 368 g/mol. The summed E-state index contributed by atoms with van der Waals surface area (Å²) in [5, 5.41) is 3.07. The SMILES string of the molecule is CCNCc1cc(S(=O)(=O)NCC(C)(C)OC)c(Br)o1. The van der Waals surface area contributed by atoms with Gasteiger partial charge in [-0.05, 0) is 36.3 Å². The first-order chi connectivity index (χ1) is 9.22. The molecule has 0 fully saturated rings. The van der Waals surface area contributed by atoms with Gasteiger partial charge in [0, 0.05) is 19.7 Å². The highest BCUT2D eigenvalue weighted by molar-refractivity contribution is 9.10.